The molecule has 0 aromatic carbocycles. The number of Topliss-reactive ketones (excluding diaryl/α,β-unsaturated/α-hetero) is 1. The first-order valence-corrected chi connectivity index (χ1v) is 5.33. The molecule has 2 nitrogen and oxygen atoms in total. The lowest BCUT2D eigenvalue weighted by Gasteiger charge is -2.04. The van der Waals surface area contributed by atoms with Gasteiger partial charge in [0.25, 0.3) is 0 Å². The van der Waals surface area contributed by atoms with Crippen molar-refractivity contribution in [2.75, 3.05) is 0 Å². The molecule has 0 atom stereocenters. The lowest BCUT2D eigenvalue weighted by atomic mass is 10.1. The molecule has 0 bridgehead atoms. The molecule has 0 fully saturated rings. The quantitative estimate of drug-likeness (QED) is 0.695. The van der Waals surface area contributed by atoms with E-state index in [1.807, 2.05) is 13.0 Å². The van der Waals surface area contributed by atoms with E-state index >= 15 is 0 Å². The Balaban J connectivity index is 3.17. The van der Waals surface area contributed by atoms with Gasteiger partial charge in [-0.25, -0.2) is 0 Å². The minimum absolute atomic E-state index is 0.135. The Hall–Kier alpha value is -1.31. The number of hydrogen-bond acceptors (Lipinski definition) is 1. The molecule has 0 aliphatic heterocycles. The molecule has 1 rings (SSSR count). The molecular formula is C13H19NO. The van der Waals surface area contributed by atoms with Gasteiger partial charge < -0.3 is 4.57 Å². The summed E-state index contributed by atoms with van der Waals surface area (Å²) in [5.74, 6) is 0.135. The van der Waals surface area contributed by atoms with Crippen molar-refractivity contribution in [3.63, 3.8) is 0 Å². The molecule has 0 spiro atoms. The zero-order valence-electron chi connectivity index (χ0n) is 10.2. The third-order valence-corrected chi connectivity index (χ3v) is 2.86. The Bertz CT molecular complexity index is 410. The summed E-state index contributed by atoms with van der Waals surface area (Å²) in [6, 6.07) is 2.13. The maximum absolute atomic E-state index is 11.1. The summed E-state index contributed by atoms with van der Waals surface area (Å²) in [6.07, 6.45) is 1.97. The van der Waals surface area contributed by atoms with Crippen molar-refractivity contribution in [1.82, 2.24) is 4.57 Å². The average molecular weight is 205 g/mol. The summed E-state index contributed by atoms with van der Waals surface area (Å²) in [7, 11) is 0. The Morgan fingerprint density at radius 1 is 1.40 bits per heavy atom. The van der Waals surface area contributed by atoms with Gasteiger partial charge in [-0.15, -0.1) is 0 Å². The molecular weight excluding hydrogens is 186 g/mol. The van der Waals surface area contributed by atoms with Gasteiger partial charge in [-0.2, -0.15) is 0 Å². The van der Waals surface area contributed by atoms with Gasteiger partial charge in [0, 0.05) is 17.9 Å². The molecule has 0 aliphatic rings. The van der Waals surface area contributed by atoms with Crippen LogP contribution in [0, 0.1) is 13.8 Å². The molecule has 0 amide bonds. The molecule has 1 aromatic heterocycles. The van der Waals surface area contributed by atoms with Crippen LogP contribution in [0.3, 0.4) is 0 Å². The van der Waals surface area contributed by atoms with E-state index in [1.54, 1.807) is 6.92 Å². The predicted octanol–water partition coefficient (Wildman–Crippen LogP) is 3.12. The lowest BCUT2D eigenvalue weighted by Crippen LogP contribution is -1.99. The summed E-state index contributed by atoms with van der Waals surface area (Å²) in [5, 5.41) is 0. The van der Waals surface area contributed by atoms with Crippen LogP contribution >= 0.6 is 0 Å². The van der Waals surface area contributed by atoms with E-state index in [9.17, 15) is 4.79 Å². The van der Waals surface area contributed by atoms with Crippen molar-refractivity contribution >= 4 is 11.9 Å². The van der Waals surface area contributed by atoms with Crippen molar-refractivity contribution in [3.05, 3.63) is 28.6 Å². The molecule has 1 heterocycles. The normalized spacial score (nSPS) is 11.9. The monoisotopic (exact) mass is 205 g/mol. The van der Waals surface area contributed by atoms with Gasteiger partial charge in [0.05, 0.1) is 0 Å². The van der Waals surface area contributed by atoms with Crippen LogP contribution < -0.4 is 0 Å². The van der Waals surface area contributed by atoms with E-state index < -0.39 is 0 Å². The maximum atomic E-state index is 11.1. The first-order chi connectivity index (χ1) is 6.97. The largest absolute Gasteiger partial charge is 0.349 e. The zero-order valence-corrected chi connectivity index (χ0v) is 10.2. The Labute approximate surface area is 91.6 Å². The molecule has 0 saturated heterocycles. The van der Waals surface area contributed by atoms with Crippen LogP contribution in [0.5, 0.6) is 0 Å². The fourth-order valence-corrected chi connectivity index (χ4v) is 1.80. The summed E-state index contributed by atoms with van der Waals surface area (Å²) in [6.45, 7) is 10.8. The van der Waals surface area contributed by atoms with Crippen LogP contribution in [0.4, 0.5) is 0 Å². The lowest BCUT2D eigenvalue weighted by molar-refractivity contribution is -0.113. The first-order valence-electron chi connectivity index (χ1n) is 5.33. The van der Waals surface area contributed by atoms with E-state index in [2.05, 4.69) is 31.4 Å². The van der Waals surface area contributed by atoms with Gasteiger partial charge in [0.15, 0.2) is 5.78 Å². The van der Waals surface area contributed by atoms with E-state index in [4.69, 9.17) is 0 Å². The number of carbonyl (C=O) groups is 1. The zero-order chi connectivity index (χ0) is 11.6. The van der Waals surface area contributed by atoms with Gasteiger partial charge in [0.2, 0.25) is 0 Å². The fraction of sp³-hybridized carbons (Fsp3) is 0.462. The third kappa shape index (κ3) is 2.38. The second-order valence-electron chi connectivity index (χ2n) is 3.95. The number of rotatable bonds is 3. The fourth-order valence-electron chi connectivity index (χ4n) is 1.80. The highest BCUT2D eigenvalue weighted by atomic mass is 16.1. The van der Waals surface area contributed by atoms with E-state index in [1.165, 1.54) is 11.4 Å². The highest BCUT2D eigenvalue weighted by molar-refractivity contribution is 5.97. The first kappa shape index (κ1) is 11.8. The Morgan fingerprint density at radius 2 is 2.00 bits per heavy atom. The SMILES string of the molecule is CCn1c(C)cc(/C=C(/C)C(C)=O)c1C. The average Bonchev–Trinajstić information content (AvgIpc) is 2.41. The number of aryl methyl sites for hydroxylation is 1. The second kappa shape index (κ2) is 4.47. The maximum Gasteiger partial charge on any atom is 0.155 e. The van der Waals surface area contributed by atoms with Crippen LogP contribution in [0.1, 0.15) is 37.7 Å². The summed E-state index contributed by atoms with van der Waals surface area (Å²) in [5.41, 5.74) is 4.45. The van der Waals surface area contributed by atoms with Crippen LogP contribution in [0.2, 0.25) is 0 Å². The number of ketones is 1. The number of aromatic nitrogens is 1. The summed E-state index contributed by atoms with van der Waals surface area (Å²) in [4.78, 5) is 11.1. The van der Waals surface area contributed by atoms with E-state index in [-0.39, 0.29) is 5.78 Å². The molecule has 0 unspecified atom stereocenters. The van der Waals surface area contributed by atoms with Crippen molar-refractivity contribution in [2.45, 2.75) is 41.2 Å². The minimum atomic E-state index is 0.135. The van der Waals surface area contributed by atoms with Crippen molar-refractivity contribution in [2.24, 2.45) is 0 Å². The topological polar surface area (TPSA) is 22.0 Å². The predicted molar refractivity (Wildman–Crippen MR) is 63.9 cm³/mol. The second-order valence-corrected chi connectivity index (χ2v) is 3.95. The van der Waals surface area contributed by atoms with Gasteiger partial charge in [-0.05, 0) is 57.9 Å². The molecule has 0 radical (unpaired) electrons. The molecule has 0 saturated carbocycles. The number of nitrogens with zero attached hydrogens (tertiary/aromatic N) is 1. The molecule has 2 heteroatoms. The van der Waals surface area contributed by atoms with Crippen LogP contribution in [0.15, 0.2) is 11.6 Å². The van der Waals surface area contributed by atoms with E-state index in [0.717, 1.165) is 17.7 Å². The van der Waals surface area contributed by atoms with Crippen molar-refractivity contribution in [1.29, 1.82) is 0 Å². The van der Waals surface area contributed by atoms with Gasteiger partial charge >= 0.3 is 0 Å². The molecule has 15 heavy (non-hydrogen) atoms. The standard InChI is InChI=1S/C13H19NO/c1-6-14-10(3)8-13(11(14)4)7-9(2)12(5)15/h7-8H,6H2,1-5H3/b9-7-. The Kier molecular flexibility index (Phi) is 3.51. The third-order valence-electron chi connectivity index (χ3n) is 2.86. The minimum Gasteiger partial charge on any atom is -0.349 e. The van der Waals surface area contributed by atoms with Crippen molar-refractivity contribution in [3.8, 4) is 0 Å². The summed E-state index contributed by atoms with van der Waals surface area (Å²) < 4.78 is 2.25. The molecule has 1 aromatic rings. The number of hydrogen-bond donors (Lipinski definition) is 0. The molecule has 0 aliphatic carbocycles. The van der Waals surface area contributed by atoms with Crippen LogP contribution in [-0.4, -0.2) is 10.4 Å². The van der Waals surface area contributed by atoms with E-state index in [0.29, 0.717) is 0 Å². The van der Waals surface area contributed by atoms with Crippen LogP contribution in [-0.2, 0) is 11.3 Å². The smallest absolute Gasteiger partial charge is 0.155 e. The molecule has 82 valence electrons. The summed E-state index contributed by atoms with van der Waals surface area (Å²) >= 11 is 0. The van der Waals surface area contributed by atoms with Gasteiger partial charge in [-0.3, -0.25) is 4.79 Å². The van der Waals surface area contributed by atoms with Crippen molar-refractivity contribution < 1.29 is 4.79 Å². The number of allylic oxidation sites excluding steroid dienone is 1. The van der Waals surface area contributed by atoms with Gasteiger partial charge in [-0.1, -0.05) is 0 Å². The highest BCUT2D eigenvalue weighted by Gasteiger charge is 2.06. The molecule has 0 N–H and O–H groups in total. The van der Waals surface area contributed by atoms with Crippen LogP contribution in [0.25, 0.3) is 6.08 Å². The van der Waals surface area contributed by atoms with Gasteiger partial charge in [0.1, 0.15) is 0 Å². The highest BCUT2D eigenvalue weighted by Crippen LogP contribution is 2.18. The number of carbonyl (C=O) groups excluding carboxylic acids is 1. The Morgan fingerprint density at radius 3 is 2.40 bits per heavy atom.